The Morgan fingerprint density at radius 1 is 1.12 bits per heavy atom. The fourth-order valence-electron chi connectivity index (χ4n) is 2.76. The highest BCUT2D eigenvalue weighted by atomic mass is 16.3. The summed E-state index contributed by atoms with van der Waals surface area (Å²) >= 11 is 0. The minimum absolute atomic E-state index is 0.00474. The van der Waals surface area contributed by atoms with Gasteiger partial charge in [-0.2, -0.15) is 0 Å². The van der Waals surface area contributed by atoms with Crippen LogP contribution in [0.5, 0.6) is 0 Å². The number of aliphatic hydroxyl groups excluding tert-OH is 1. The average Bonchev–Trinajstić information content (AvgIpc) is 2.61. The summed E-state index contributed by atoms with van der Waals surface area (Å²) in [6, 6.07) is 18.2. The molecule has 0 radical (unpaired) electrons. The first-order valence-corrected chi connectivity index (χ1v) is 8.77. The summed E-state index contributed by atoms with van der Waals surface area (Å²) in [5, 5.41) is 12.7. The van der Waals surface area contributed by atoms with E-state index in [0.29, 0.717) is 19.4 Å². The number of nitrogens with one attached hydrogen (secondary N) is 1. The van der Waals surface area contributed by atoms with Crippen LogP contribution in [0.25, 0.3) is 6.08 Å². The molecule has 1 amide bonds. The molecule has 0 spiro atoms. The third-order valence-corrected chi connectivity index (χ3v) is 4.13. The van der Waals surface area contributed by atoms with Crippen molar-refractivity contribution in [1.82, 2.24) is 5.32 Å². The van der Waals surface area contributed by atoms with Crippen molar-refractivity contribution in [3.8, 4) is 0 Å². The highest BCUT2D eigenvalue weighted by molar-refractivity contribution is 5.78. The molecule has 0 saturated heterocycles. The summed E-state index contributed by atoms with van der Waals surface area (Å²) < 4.78 is 0. The predicted molar refractivity (Wildman–Crippen MR) is 103 cm³/mol. The summed E-state index contributed by atoms with van der Waals surface area (Å²) in [7, 11) is 0. The van der Waals surface area contributed by atoms with Crippen molar-refractivity contribution in [1.29, 1.82) is 0 Å². The van der Waals surface area contributed by atoms with Gasteiger partial charge in [0.1, 0.15) is 0 Å². The second kappa shape index (κ2) is 9.80. The Kier molecular flexibility index (Phi) is 7.42. The molecule has 132 valence electrons. The first-order valence-electron chi connectivity index (χ1n) is 8.77. The van der Waals surface area contributed by atoms with Gasteiger partial charge in [0.15, 0.2) is 0 Å². The quantitative estimate of drug-likeness (QED) is 0.763. The van der Waals surface area contributed by atoms with Gasteiger partial charge in [0, 0.05) is 18.9 Å². The van der Waals surface area contributed by atoms with Crippen molar-refractivity contribution < 1.29 is 9.90 Å². The van der Waals surface area contributed by atoms with Crippen molar-refractivity contribution >= 4 is 12.0 Å². The molecule has 0 bridgehead atoms. The van der Waals surface area contributed by atoms with Crippen LogP contribution >= 0.6 is 0 Å². The van der Waals surface area contributed by atoms with Gasteiger partial charge in [-0.05, 0) is 31.4 Å². The standard InChI is InChI=1S/C22H27NO2/c1-17-11-13-19(14-12-17)7-6-10-22(25)23-16-21(15-18(2)24)20-8-4-3-5-9-20/h3-9,11-14,18,21,24H,10,15-16H2,1-2H3,(H,23,25)/b7-6+. The number of carbonyl (C=O) groups excluding carboxylic acids is 1. The van der Waals surface area contributed by atoms with Crippen molar-refractivity contribution in [3.05, 3.63) is 77.4 Å². The van der Waals surface area contributed by atoms with Crippen molar-refractivity contribution in [2.45, 2.75) is 38.7 Å². The highest BCUT2D eigenvalue weighted by Crippen LogP contribution is 2.20. The summed E-state index contributed by atoms with van der Waals surface area (Å²) in [5.74, 6) is 0.112. The predicted octanol–water partition coefficient (Wildman–Crippen LogP) is 4.07. The molecule has 3 heteroatoms. The van der Waals surface area contributed by atoms with Crippen LogP contribution < -0.4 is 5.32 Å². The number of hydrogen-bond acceptors (Lipinski definition) is 2. The molecule has 2 atom stereocenters. The van der Waals surface area contributed by atoms with Crippen LogP contribution in [0.3, 0.4) is 0 Å². The molecule has 0 fully saturated rings. The smallest absolute Gasteiger partial charge is 0.223 e. The number of carbonyl (C=O) groups is 1. The van der Waals surface area contributed by atoms with Crippen molar-refractivity contribution in [2.75, 3.05) is 6.54 Å². The molecule has 0 aliphatic carbocycles. The van der Waals surface area contributed by atoms with Gasteiger partial charge in [0.25, 0.3) is 0 Å². The molecule has 0 saturated carbocycles. The molecule has 0 aliphatic rings. The van der Waals surface area contributed by atoms with Gasteiger partial charge in [0.2, 0.25) is 5.91 Å². The van der Waals surface area contributed by atoms with Crippen LogP contribution in [0.1, 0.15) is 42.4 Å². The van der Waals surface area contributed by atoms with E-state index in [1.807, 2.05) is 54.6 Å². The summed E-state index contributed by atoms with van der Waals surface area (Å²) in [4.78, 5) is 12.1. The number of amides is 1. The van der Waals surface area contributed by atoms with Gasteiger partial charge in [-0.15, -0.1) is 0 Å². The second-order valence-electron chi connectivity index (χ2n) is 6.51. The van der Waals surface area contributed by atoms with E-state index in [0.717, 1.165) is 11.1 Å². The first kappa shape index (κ1) is 18.9. The third-order valence-electron chi connectivity index (χ3n) is 4.13. The van der Waals surface area contributed by atoms with Gasteiger partial charge in [0.05, 0.1) is 6.10 Å². The van der Waals surface area contributed by atoms with E-state index >= 15 is 0 Å². The normalized spacial score (nSPS) is 13.6. The minimum atomic E-state index is -0.399. The van der Waals surface area contributed by atoms with Gasteiger partial charge < -0.3 is 10.4 Å². The number of aryl methyl sites for hydroxylation is 1. The Bertz CT molecular complexity index is 675. The maximum absolute atomic E-state index is 12.1. The van der Waals surface area contributed by atoms with Crippen LogP contribution in [0.4, 0.5) is 0 Å². The second-order valence-corrected chi connectivity index (χ2v) is 6.51. The summed E-state index contributed by atoms with van der Waals surface area (Å²) in [5.41, 5.74) is 3.45. The maximum Gasteiger partial charge on any atom is 0.223 e. The minimum Gasteiger partial charge on any atom is -0.393 e. The van der Waals surface area contributed by atoms with Crippen LogP contribution in [0.2, 0.25) is 0 Å². The topological polar surface area (TPSA) is 49.3 Å². The zero-order valence-corrected chi connectivity index (χ0v) is 15.0. The van der Waals surface area contributed by atoms with Crippen molar-refractivity contribution in [3.63, 3.8) is 0 Å². The lowest BCUT2D eigenvalue weighted by atomic mass is 9.93. The molecule has 25 heavy (non-hydrogen) atoms. The third kappa shape index (κ3) is 6.94. The zero-order chi connectivity index (χ0) is 18.1. The van der Waals surface area contributed by atoms with E-state index in [9.17, 15) is 9.90 Å². The molecular weight excluding hydrogens is 310 g/mol. The van der Waals surface area contributed by atoms with E-state index in [4.69, 9.17) is 0 Å². The SMILES string of the molecule is Cc1ccc(/C=C/CC(=O)NCC(CC(C)O)c2ccccc2)cc1. The molecule has 3 nitrogen and oxygen atoms in total. The first-order chi connectivity index (χ1) is 12.0. The molecule has 2 N–H and O–H groups in total. The zero-order valence-electron chi connectivity index (χ0n) is 15.0. The number of benzene rings is 2. The lowest BCUT2D eigenvalue weighted by molar-refractivity contribution is -0.120. The van der Waals surface area contributed by atoms with Gasteiger partial charge in [-0.25, -0.2) is 0 Å². The van der Waals surface area contributed by atoms with Crippen LogP contribution in [0.15, 0.2) is 60.7 Å². The largest absolute Gasteiger partial charge is 0.393 e. The van der Waals surface area contributed by atoms with E-state index in [1.165, 1.54) is 5.56 Å². The van der Waals surface area contributed by atoms with Crippen LogP contribution in [0, 0.1) is 6.92 Å². The van der Waals surface area contributed by atoms with Crippen molar-refractivity contribution in [2.24, 2.45) is 0 Å². The molecule has 0 aromatic heterocycles. The molecule has 2 rings (SSSR count). The lowest BCUT2D eigenvalue weighted by Crippen LogP contribution is -2.29. The molecule has 0 heterocycles. The Labute approximate surface area is 150 Å². The molecular formula is C22H27NO2. The van der Waals surface area contributed by atoms with E-state index in [2.05, 4.69) is 24.4 Å². The molecule has 2 unspecified atom stereocenters. The highest BCUT2D eigenvalue weighted by Gasteiger charge is 2.14. The van der Waals surface area contributed by atoms with E-state index in [-0.39, 0.29) is 11.8 Å². The number of aliphatic hydroxyl groups is 1. The average molecular weight is 337 g/mol. The Hall–Kier alpha value is -2.39. The fraction of sp³-hybridized carbons (Fsp3) is 0.318. The van der Waals surface area contributed by atoms with Gasteiger partial charge in [-0.1, -0.05) is 72.3 Å². The van der Waals surface area contributed by atoms with Gasteiger partial charge >= 0.3 is 0 Å². The summed E-state index contributed by atoms with van der Waals surface area (Å²) in [6.07, 6.45) is 4.42. The monoisotopic (exact) mass is 337 g/mol. The molecule has 2 aromatic rings. The number of hydrogen-bond donors (Lipinski definition) is 2. The Morgan fingerprint density at radius 2 is 1.80 bits per heavy atom. The number of rotatable bonds is 8. The van der Waals surface area contributed by atoms with Crippen LogP contribution in [-0.4, -0.2) is 23.7 Å². The summed E-state index contributed by atoms with van der Waals surface area (Å²) in [6.45, 7) is 4.37. The molecule has 2 aromatic carbocycles. The Balaban J connectivity index is 1.85. The van der Waals surface area contributed by atoms with Gasteiger partial charge in [-0.3, -0.25) is 4.79 Å². The fourth-order valence-corrected chi connectivity index (χ4v) is 2.76. The van der Waals surface area contributed by atoms with E-state index in [1.54, 1.807) is 6.92 Å². The maximum atomic E-state index is 12.1. The molecule has 0 aliphatic heterocycles. The Morgan fingerprint density at radius 3 is 2.44 bits per heavy atom. The lowest BCUT2D eigenvalue weighted by Gasteiger charge is -2.19. The van der Waals surface area contributed by atoms with Crippen LogP contribution in [-0.2, 0) is 4.79 Å². The van der Waals surface area contributed by atoms with E-state index < -0.39 is 6.10 Å².